The number of hydrogen-bond donors (Lipinski definition) is 1. The molecule has 2 rings (SSSR count). The number of carboxylic acids is 1. The minimum atomic E-state index is -0.842. The zero-order valence-electron chi connectivity index (χ0n) is 9.92. The number of morpholine rings is 1. The molecule has 17 heavy (non-hydrogen) atoms. The minimum absolute atomic E-state index is 0.00915. The van der Waals surface area contributed by atoms with Crippen molar-refractivity contribution in [1.29, 1.82) is 0 Å². The van der Waals surface area contributed by atoms with Crippen LogP contribution in [0.4, 0.5) is 5.13 Å². The average molecular weight is 256 g/mol. The third-order valence-electron chi connectivity index (χ3n) is 2.73. The first-order valence-electron chi connectivity index (χ1n) is 5.60. The maximum atomic E-state index is 10.6. The van der Waals surface area contributed by atoms with Gasteiger partial charge >= 0.3 is 5.97 Å². The predicted molar refractivity (Wildman–Crippen MR) is 65.7 cm³/mol. The average Bonchev–Trinajstić information content (AvgIpc) is 2.69. The monoisotopic (exact) mass is 256 g/mol. The summed E-state index contributed by atoms with van der Waals surface area (Å²) in [7, 11) is 0. The first-order valence-corrected chi connectivity index (χ1v) is 6.48. The van der Waals surface area contributed by atoms with Gasteiger partial charge in [-0.25, -0.2) is 4.98 Å². The normalized spacial score (nSPS) is 24.9. The van der Waals surface area contributed by atoms with Crippen LogP contribution in [0, 0.1) is 0 Å². The van der Waals surface area contributed by atoms with E-state index in [4.69, 9.17) is 9.84 Å². The maximum absolute atomic E-state index is 10.6. The van der Waals surface area contributed by atoms with Gasteiger partial charge in [0.25, 0.3) is 0 Å². The SMILES string of the molecule is CC1CN(c2nc(CC(=O)O)cs2)C(C)CO1. The van der Waals surface area contributed by atoms with Crippen molar-refractivity contribution < 1.29 is 14.6 Å². The molecule has 6 heteroatoms. The van der Waals surface area contributed by atoms with Crippen molar-refractivity contribution in [2.45, 2.75) is 32.4 Å². The Morgan fingerprint density at radius 3 is 3.18 bits per heavy atom. The molecule has 0 radical (unpaired) electrons. The third kappa shape index (κ3) is 2.95. The predicted octanol–water partition coefficient (Wildman–Crippen LogP) is 1.38. The van der Waals surface area contributed by atoms with Gasteiger partial charge in [0.1, 0.15) is 0 Å². The van der Waals surface area contributed by atoms with Gasteiger partial charge in [0.05, 0.1) is 30.9 Å². The molecular formula is C11H16N2O3S. The topological polar surface area (TPSA) is 62.7 Å². The van der Waals surface area contributed by atoms with E-state index in [9.17, 15) is 4.79 Å². The van der Waals surface area contributed by atoms with E-state index in [1.807, 2.05) is 12.3 Å². The van der Waals surface area contributed by atoms with Crippen LogP contribution in [-0.2, 0) is 16.0 Å². The summed E-state index contributed by atoms with van der Waals surface area (Å²) >= 11 is 1.50. The molecule has 0 saturated carbocycles. The second-order valence-electron chi connectivity index (χ2n) is 4.34. The van der Waals surface area contributed by atoms with Crippen LogP contribution in [0.5, 0.6) is 0 Å². The van der Waals surface area contributed by atoms with E-state index in [0.29, 0.717) is 12.3 Å². The quantitative estimate of drug-likeness (QED) is 0.885. The molecule has 1 N–H and O–H groups in total. The fourth-order valence-electron chi connectivity index (χ4n) is 1.83. The second kappa shape index (κ2) is 5.01. The molecule has 0 aromatic carbocycles. The Labute approximate surface area is 104 Å². The van der Waals surface area contributed by atoms with E-state index in [2.05, 4.69) is 16.8 Å². The first kappa shape index (κ1) is 12.3. The lowest BCUT2D eigenvalue weighted by Gasteiger charge is -2.36. The lowest BCUT2D eigenvalue weighted by molar-refractivity contribution is -0.136. The Hall–Kier alpha value is -1.14. The van der Waals surface area contributed by atoms with Crippen LogP contribution in [0.1, 0.15) is 19.5 Å². The lowest BCUT2D eigenvalue weighted by atomic mass is 10.2. The van der Waals surface area contributed by atoms with Crippen molar-refractivity contribution in [3.05, 3.63) is 11.1 Å². The first-order chi connectivity index (χ1) is 8.06. The number of anilines is 1. The molecule has 0 bridgehead atoms. The number of aliphatic carboxylic acids is 1. The molecule has 1 aromatic rings. The summed E-state index contributed by atoms with van der Waals surface area (Å²) in [4.78, 5) is 17.2. The molecule has 1 aliphatic heterocycles. The molecule has 1 fully saturated rings. The van der Waals surface area contributed by atoms with Gasteiger partial charge < -0.3 is 14.7 Å². The van der Waals surface area contributed by atoms with Crippen LogP contribution in [0.25, 0.3) is 0 Å². The largest absolute Gasteiger partial charge is 0.481 e. The number of carboxylic acid groups (broad SMARTS) is 1. The van der Waals surface area contributed by atoms with Crippen molar-refractivity contribution >= 4 is 22.4 Å². The van der Waals surface area contributed by atoms with Crippen molar-refractivity contribution in [3.63, 3.8) is 0 Å². The summed E-state index contributed by atoms with van der Waals surface area (Å²) < 4.78 is 5.55. The lowest BCUT2D eigenvalue weighted by Crippen LogP contribution is -2.47. The van der Waals surface area contributed by atoms with Gasteiger partial charge in [-0.1, -0.05) is 0 Å². The number of carbonyl (C=O) groups is 1. The molecule has 2 heterocycles. The van der Waals surface area contributed by atoms with E-state index in [-0.39, 0.29) is 18.6 Å². The zero-order valence-corrected chi connectivity index (χ0v) is 10.7. The summed E-state index contributed by atoms with van der Waals surface area (Å²) in [6.45, 7) is 5.62. The fourth-order valence-corrected chi connectivity index (χ4v) is 2.77. The highest BCUT2D eigenvalue weighted by atomic mass is 32.1. The van der Waals surface area contributed by atoms with Crippen molar-refractivity contribution in [1.82, 2.24) is 4.98 Å². The van der Waals surface area contributed by atoms with Crippen LogP contribution in [0.15, 0.2) is 5.38 Å². The number of hydrogen-bond acceptors (Lipinski definition) is 5. The van der Waals surface area contributed by atoms with Crippen molar-refractivity contribution in [2.24, 2.45) is 0 Å². The number of ether oxygens (including phenoxy) is 1. The van der Waals surface area contributed by atoms with Crippen LogP contribution in [0.3, 0.4) is 0 Å². The van der Waals surface area contributed by atoms with E-state index < -0.39 is 5.97 Å². The minimum Gasteiger partial charge on any atom is -0.481 e. The molecule has 0 spiro atoms. The van der Waals surface area contributed by atoms with Gasteiger partial charge in [-0.3, -0.25) is 4.79 Å². The van der Waals surface area contributed by atoms with Crippen molar-refractivity contribution in [3.8, 4) is 0 Å². The Bertz CT molecular complexity index is 407. The Morgan fingerprint density at radius 1 is 1.71 bits per heavy atom. The summed E-state index contributed by atoms with van der Waals surface area (Å²) in [5.74, 6) is -0.842. The van der Waals surface area contributed by atoms with E-state index in [1.54, 1.807) is 0 Å². The molecule has 1 saturated heterocycles. The second-order valence-corrected chi connectivity index (χ2v) is 5.17. The van der Waals surface area contributed by atoms with Gasteiger partial charge in [-0.05, 0) is 13.8 Å². The Morgan fingerprint density at radius 2 is 2.47 bits per heavy atom. The number of rotatable bonds is 3. The van der Waals surface area contributed by atoms with Gasteiger partial charge in [-0.2, -0.15) is 0 Å². The highest BCUT2D eigenvalue weighted by Gasteiger charge is 2.25. The number of thiazole rings is 1. The Balaban J connectivity index is 2.10. The van der Waals surface area contributed by atoms with Crippen LogP contribution in [0.2, 0.25) is 0 Å². The van der Waals surface area contributed by atoms with Crippen molar-refractivity contribution in [2.75, 3.05) is 18.1 Å². The van der Waals surface area contributed by atoms with E-state index in [0.717, 1.165) is 11.7 Å². The highest BCUT2D eigenvalue weighted by molar-refractivity contribution is 7.13. The molecule has 5 nitrogen and oxygen atoms in total. The molecule has 2 unspecified atom stereocenters. The van der Waals surface area contributed by atoms with Gasteiger partial charge in [0.15, 0.2) is 5.13 Å². The Kier molecular flexibility index (Phi) is 3.63. The number of nitrogens with zero attached hydrogens (tertiary/aromatic N) is 2. The van der Waals surface area contributed by atoms with Gasteiger partial charge in [0.2, 0.25) is 0 Å². The van der Waals surface area contributed by atoms with Crippen LogP contribution < -0.4 is 4.90 Å². The standard InChI is InChI=1S/C11H16N2O3S/c1-7-5-16-8(2)4-13(7)11-12-9(6-17-11)3-10(14)15/h6-8H,3-5H2,1-2H3,(H,14,15). The summed E-state index contributed by atoms with van der Waals surface area (Å²) in [5, 5.41) is 11.4. The zero-order chi connectivity index (χ0) is 12.4. The summed E-state index contributed by atoms with van der Waals surface area (Å²) in [6.07, 6.45) is 0.183. The summed E-state index contributed by atoms with van der Waals surface area (Å²) in [5.41, 5.74) is 0.629. The van der Waals surface area contributed by atoms with Crippen LogP contribution in [-0.4, -0.2) is 41.4 Å². The maximum Gasteiger partial charge on any atom is 0.309 e. The van der Waals surface area contributed by atoms with E-state index >= 15 is 0 Å². The molecule has 1 aliphatic rings. The highest BCUT2D eigenvalue weighted by Crippen LogP contribution is 2.25. The number of aromatic nitrogens is 1. The molecule has 94 valence electrons. The van der Waals surface area contributed by atoms with Gasteiger partial charge in [0, 0.05) is 11.9 Å². The fraction of sp³-hybridized carbons (Fsp3) is 0.636. The molecule has 0 amide bonds. The van der Waals surface area contributed by atoms with Gasteiger partial charge in [-0.15, -0.1) is 11.3 Å². The van der Waals surface area contributed by atoms with Crippen LogP contribution >= 0.6 is 11.3 Å². The smallest absolute Gasteiger partial charge is 0.309 e. The third-order valence-corrected chi connectivity index (χ3v) is 3.65. The summed E-state index contributed by atoms with van der Waals surface area (Å²) in [6, 6.07) is 0.287. The van der Waals surface area contributed by atoms with E-state index in [1.165, 1.54) is 11.3 Å². The molecule has 1 aromatic heterocycles. The molecule has 0 aliphatic carbocycles. The molecule has 2 atom stereocenters. The molecular weight excluding hydrogens is 240 g/mol.